The SMILES string of the molecule is COC(=O)C1=CO[C@H](OCc2ccccc2)C2C(C(=O)O)=CCC12. The van der Waals surface area contributed by atoms with Gasteiger partial charge in [-0.3, -0.25) is 0 Å². The number of carbonyl (C=O) groups excluding carboxylic acids is 1. The number of ether oxygens (including phenoxy) is 3. The van der Waals surface area contributed by atoms with Crippen LogP contribution in [0.25, 0.3) is 0 Å². The third kappa shape index (κ3) is 3.05. The number of allylic oxidation sites excluding steroid dienone is 1. The van der Waals surface area contributed by atoms with Gasteiger partial charge in [0.25, 0.3) is 0 Å². The van der Waals surface area contributed by atoms with Crippen molar-refractivity contribution in [2.75, 3.05) is 7.11 Å². The molecular weight excluding hydrogens is 312 g/mol. The minimum Gasteiger partial charge on any atom is -0.478 e. The van der Waals surface area contributed by atoms with Gasteiger partial charge in [0, 0.05) is 11.5 Å². The topological polar surface area (TPSA) is 82.1 Å². The maximum Gasteiger partial charge on any atom is 0.337 e. The number of methoxy groups -OCH3 is 1. The molecule has 0 bridgehead atoms. The Kier molecular flexibility index (Phi) is 4.66. The number of carboxylic acid groups (broad SMARTS) is 1. The van der Waals surface area contributed by atoms with Crippen molar-refractivity contribution < 1.29 is 28.9 Å². The summed E-state index contributed by atoms with van der Waals surface area (Å²) < 4.78 is 16.1. The minimum absolute atomic E-state index is 0.215. The smallest absolute Gasteiger partial charge is 0.337 e. The molecule has 1 heterocycles. The summed E-state index contributed by atoms with van der Waals surface area (Å²) in [6.07, 6.45) is 2.65. The first-order chi connectivity index (χ1) is 11.6. The van der Waals surface area contributed by atoms with Gasteiger partial charge in [0.05, 0.1) is 31.5 Å². The van der Waals surface area contributed by atoms with Crippen molar-refractivity contribution in [2.45, 2.75) is 19.3 Å². The number of aliphatic carboxylic acids is 1. The minimum atomic E-state index is -1.02. The molecule has 6 nitrogen and oxygen atoms in total. The lowest BCUT2D eigenvalue weighted by Gasteiger charge is -2.33. The highest BCUT2D eigenvalue weighted by molar-refractivity contribution is 5.92. The molecule has 6 heteroatoms. The van der Waals surface area contributed by atoms with Crippen LogP contribution in [-0.2, 0) is 30.4 Å². The van der Waals surface area contributed by atoms with Crippen LogP contribution in [0, 0.1) is 11.8 Å². The van der Waals surface area contributed by atoms with Gasteiger partial charge < -0.3 is 19.3 Å². The number of carbonyl (C=O) groups is 2. The zero-order valence-electron chi connectivity index (χ0n) is 13.2. The fraction of sp³-hybridized carbons (Fsp3) is 0.333. The van der Waals surface area contributed by atoms with Crippen molar-refractivity contribution in [1.82, 2.24) is 0 Å². The van der Waals surface area contributed by atoms with E-state index in [0.717, 1.165) is 5.56 Å². The van der Waals surface area contributed by atoms with Crippen LogP contribution < -0.4 is 0 Å². The maximum atomic E-state index is 11.9. The summed E-state index contributed by atoms with van der Waals surface area (Å²) in [6, 6.07) is 9.54. The highest BCUT2D eigenvalue weighted by Crippen LogP contribution is 2.43. The highest BCUT2D eigenvalue weighted by atomic mass is 16.7. The number of rotatable bonds is 5. The van der Waals surface area contributed by atoms with Crippen LogP contribution in [0.2, 0.25) is 0 Å². The Morgan fingerprint density at radius 3 is 2.67 bits per heavy atom. The van der Waals surface area contributed by atoms with E-state index in [1.54, 1.807) is 6.08 Å². The molecule has 0 saturated carbocycles. The van der Waals surface area contributed by atoms with Gasteiger partial charge in [-0.15, -0.1) is 0 Å². The number of hydrogen-bond acceptors (Lipinski definition) is 5. The molecule has 1 aromatic carbocycles. The second-order valence-electron chi connectivity index (χ2n) is 5.70. The van der Waals surface area contributed by atoms with E-state index in [1.165, 1.54) is 13.4 Å². The lowest BCUT2D eigenvalue weighted by atomic mass is 9.83. The van der Waals surface area contributed by atoms with E-state index >= 15 is 0 Å². The van der Waals surface area contributed by atoms with Gasteiger partial charge in [0.15, 0.2) is 0 Å². The van der Waals surface area contributed by atoms with E-state index in [0.29, 0.717) is 18.6 Å². The molecule has 3 rings (SSSR count). The second kappa shape index (κ2) is 6.88. The van der Waals surface area contributed by atoms with E-state index in [9.17, 15) is 14.7 Å². The fourth-order valence-electron chi connectivity index (χ4n) is 3.17. The fourth-order valence-corrected chi connectivity index (χ4v) is 3.17. The van der Waals surface area contributed by atoms with E-state index in [2.05, 4.69) is 0 Å². The molecule has 3 atom stereocenters. The first kappa shape index (κ1) is 16.3. The summed E-state index contributed by atoms with van der Waals surface area (Å²) in [4.78, 5) is 23.4. The van der Waals surface area contributed by atoms with Gasteiger partial charge in [0.1, 0.15) is 0 Å². The predicted molar refractivity (Wildman–Crippen MR) is 83.5 cm³/mol. The largest absolute Gasteiger partial charge is 0.478 e. The van der Waals surface area contributed by atoms with Crippen molar-refractivity contribution in [1.29, 1.82) is 0 Å². The third-order valence-corrected chi connectivity index (χ3v) is 4.33. The van der Waals surface area contributed by atoms with Crippen molar-refractivity contribution in [3.05, 3.63) is 59.4 Å². The predicted octanol–water partition coefficient (Wildman–Crippen LogP) is 2.26. The lowest BCUT2D eigenvalue weighted by Crippen LogP contribution is -2.38. The van der Waals surface area contributed by atoms with E-state index in [4.69, 9.17) is 14.2 Å². The average molecular weight is 330 g/mol. The third-order valence-electron chi connectivity index (χ3n) is 4.33. The molecule has 0 aromatic heterocycles. The summed E-state index contributed by atoms with van der Waals surface area (Å²) in [5.41, 5.74) is 1.52. The molecule has 126 valence electrons. The molecule has 0 fully saturated rings. The van der Waals surface area contributed by atoms with Gasteiger partial charge in [-0.25, -0.2) is 9.59 Å². The standard InChI is InChI=1S/C18H18O6/c1-22-17(21)14-10-24-18(23-9-11-5-3-2-4-6-11)15-12(14)7-8-13(15)16(19)20/h2-6,8,10,12,15,18H,7,9H2,1H3,(H,19,20)/t12?,15?,18-/m0/s1. The number of benzene rings is 1. The zero-order valence-corrected chi connectivity index (χ0v) is 13.2. The van der Waals surface area contributed by atoms with Gasteiger partial charge in [-0.05, 0) is 12.0 Å². The monoisotopic (exact) mass is 330 g/mol. The normalized spacial score (nSPS) is 25.1. The first-order valence-electron chi connectivity index (χ1n) is 7.64. The quantitative estimate of drug-likeness (QED) is 0.834. The summed E-state index contributed by atoms with van der Waals surface area (Å²) in [6.45, 7) is 0.295. The molecule has 2 aliphatic rings. The van der Waals surface area contributed by atoms with Gasteiger partial charge in [-0.2, -0.15) is 0 Å². The van der Waals surface area contributed by atoms with E-state index < -0.39 is 24.1 Å². The van der Waals surface area contributed by atoms with Crippen LogP contribution in [-0.4, -0.2) is 30.4 Å². The van der Waals surface area contributed by atoms with Crippen molar-refractivity contribution >= 4 is 11.9 Å². The Morgan fingerprint density at radius 1 is 1.25 bits per heavy atom. The molecule has 0 saturated heterocycles. The Hall–Kier alpha value is -2.60. The maximum absolute atomic E-state index is 11.9. The highest BCUT2D eigenvalue weighted by Gasteiger charge is 2.46. The van der Waals surface area contributed by atoms with Crippen LogP contribution in [0.15, 0.2) is 53.8 Å². The van der Waals surface area contributed by atoms with Crippen LogP contribution in [0.1, 0.15) is 12.0 Å². The molecule has 1 N–H and O–H groups in total. The second-order valence-corrected chi connectivity index (χ2v) is 5.70. The van der Waals surface area contributed by atoms with E-state index in [-0.39, 0.29) is 11.5 Å². The molecule has 0 spiro atoms. The van der Waals surface area contributed by atoms with Gasteiger partial charge in [0.2, 0.25) is 6.29 Å². The molecule has 1 aliphatic carbocycles. The molecular formula is C18H18O6. The number of carboxylic acids is 1. The molecule has 1 aliphatic heterocycles. The first-order valence-corrected chi connectivity index (χ1v) is 7.64. The Balaban J connectivity index is 1.81. The summed E-state index contributed by atoms with van der Waals surface area (Å²) in [5, 5.41) is 9.42. The number of hydrogen-bond donors (Lipinski definition) is 1. The van der Waals surface area contributed by atoms with Crippen LogP contribution >= 0.6 is 0 Å². The molecule has 1 aromatic rings. The summed E-state index contributed by atoms with van der Waals surface area (Å²) >= 11 is 0. The lowest BCUT2D eigenvalue weighted by molar-refractivity contribution is -0.164. The van der Waals surface area contributed by atoms with Crippen molar-refractivity contribution in [2.24, 2.45) is 11.8 Å². The van der Waals surface area contributed by atoms with Crippen LogP contribution in [0.3, 0.4) is 0 Å². The number of esters is 1. The Labute approximate surface area is 139 Å². The van der Waals surface area contributed by atoms with Gasteiger partial charge >= 0.3 is 11.9 Å². The average Bonchev–Trinajstić information content (AvgIpc) is 3.05. The van der Waals surface area contributed by atoms with Gasteiger partial charge in [-0.1, -0.05) is 36.4 Å². The van der Waals surface area contributed by atoms with Crippen molar-refractivity contribution in [3.63, 3.8) is 0 Å². The zero-order chi connectivity index (χ0) is 17.1. The Bertz CT molecular complexity index is 691. The molecule has 2 unspecified atom stereocenters. The van der Waals surface area contributed by atoms with Crippen LogP contribution in [0.5, 0.6) is 0 Å². The van der Waals surface area contributed by atoms with Crippen molar-refractivity contribution in [3.8, 4) is 0 Å². The Morgan fingerprint density at radius 2 is 2.00 bits per heavy atom. The number of fused-ring (bicyclic) bond motifs is 1. The molecule has 0 amide bonds. The molecule has 24 heavy (non-hydrogen) atoms. The van der Waals surface area contributed by atoms with Crippen LogP contribution in [0.4, 0.5) is 0 Å². The summed E-state index contributed by atoms with van der Waals surface area (Å²) in [7, 11) is 1.29. The summed E-state index contributed by atoms with van der Waals surface area (Å²) in [5.74, 6) is -2.37. The van der Waals surface area contributed by atoms with E-state index in [1.807, 2.05) is 30.3 Å². The molecule has 0 radical (unpaired) electrons.